The molecule has 0 saturated heterocycles. The lowest BCUT2D eigenvalue weighted by atomic mass is 10.1. The lowest BCUT2D eigenvalue weighted by Gasteiger charge is -2.07. The molecular weight excluding hydrogens is 488 g/mol. The van der Waals surface area contributed by atoms with Crippen LogP contribution in [-0.2, 0) is 0 Å². The van der Waals surface area contributed by atoms with Gasteiger partial charge >= 0.3 is 0 Å². The Bertz CT molecular complexity index is 1960. The molecule has 39 heavy (non-hydrogen) atoms. The minimum atomic E-state index is -0.200. The average molecular weight is 509 g/mol. The van der Waals surface area contributed by atoms with Crippen molar-refractivity contribution in [3.63, 3.8) is 0 Å². The second kappa shape index (κ2) is 9.31. The molecule has 0 aliphatic carbocycles. The zero-order valence-electron chi connectivity index (χ0n) is 20.5. The molecule has 7 rings (SSSR count). The van der Waals surface area contributed by atoms with Crippen LogP contribution >= 0.6 is 0 Å². The number of H-pyrrole nitrogens is 2. The molecule has 0 unspecified atom stereocenters. The predicted octanol–water partition coefficient (Wildman–Crippen LogP) is 5.88. The van der Waals surface area contributed by atoms with E-state index in [0.717, 1.165) is 38.9 Å². The summed E-state index contributed by atoms with van der Waals surface area (Å²) in [4.78, 5) is 34.2. The highest BCUT2D eigenvalue weighted by Crippen LogP contribution is 2.33. The molecule has 6 aromatic heterocycles. The van der Waals surface area contributed by atoms with Gasteiger partial charge in [-0.3, -0.25) is 24.8 Å². The standard InChI is InChI=1S/C30H20N8O/c39-30(18-5-2-1-3-6-18)34-21-13-20(16-32-17-21)23-8-9-25-28(36-23)29(38-37-25)26-14-22-24(35-26)10-12-33-27(22)19-7-4-11-31-15-19/h1-17,35H,(H,34,39)(H,37,38). The third-order valence-electron chi connectivity index (χ3n) is 6.47. The monoisotopic (exact) mass is 508 g/mol. The van der Waals surface area contributed by atoms with Gasteiger partial charge in [0, 0.05) is 52.4 Å². The summed E-state index contributed by atoms with van der Waals surface area (Å²) < 4.78 is 0. The summed E-state index contributed by atoms with van der Waals surface area (Å²) >= 11 is 0. The molecule has 7 aromatic rings. The summed E-state index contributed by atoms with van der Waals surface area (Å²) in [6.07, 6.45) is 8.66. The summed E-state index contributed by atoms with van der Waals surface area (Å²) in [5, 5.41) is 11.5. The summed E-state index contributed by atoms with van der Waals surface area (Å²) in [7, 11) is 0. The Balaban J connectivity index is 1.25. The number of carbonyl (C=O) groups excluding carboxylic acids is 1. The van der Waals surface area contributed by atoms with E-state index >= 15 is 0 Å². The molecule has 0 spiro atoms. The third kappa shape index (κ3) is 4.17. The first-order chi connectivity index (χ1) is 19.2. The highest BCUT2D eigenvalue weighted by molar-refractivity contribution is 6.04. The maximum Gasteiger partial charge on any atom is 0.255 e. The van der Waals surface area contributed by atoms with E-state index in [4.69, 9.17) is 4.98 Å². The smallest absolute Gasteiger partial charge is 0.255 e. The molecule has 0 aliphatic rings. The van der Waals surface area contributed by atoms with E-state index in [-0.39, 0.29) is 5.91 Å². The molecule has 0 aliphatic heterocycles. The lowest BCUT2D eigenvalue weighted by molar-refractivity contribution is 0.102. The van der Waals surface area contributed by atoms with Gasteiger partial charge in [-0.2, -0.15) is 5.10 Å². The fourth-order valence-corrected chi connectivity index (χ4v) is 4.60. The van der Waals surface area contributed by atoms with E-state index in [1.165, 1.54) is 0 Å². The summed E-state index contributed by atoms with van der Waals surface area (Å²) in [5.41, 5.74) is 8.40. The summed E-state index contributed by atoms with van der Waals surface area (Å²) in [6.45, 7) is 0. The molecule has 3 N–H and O–H groups in total. The fourth-order valence-electron chi connectivity index (χ4n) is 4.60. The van der Waals surface area contributed by atoms with E-state index in [1.807, 2.05) is 60.7 Å². The van der Waals surface area contributed by atoms with Crippen LogP contribution in [0, 0.1) is 0 Å². The minimum Gasteiger partial charge on any atom is -0.353 e. The van der Waals surface area contributed by atoms with Crippen LogP contribution in [0.15, 0.2) is 104 Å². The largest absolute Gasteiger partial charge is 0.353 e. The van der Waals surface area contributed by atoms with Crippen LogP contribution in [0.2, 0.25) is 0 Å². The van der Waals surface area contributed by atoms with Crippen molar-refractivity contribution in [1.29, 1.82) is 0 Å². The van der Waals surface area contributed by atoms with Gasteiger partial charge in [0.25, 0.3) is 5.91 Å². The maximum absolute atomic E-state index is 12.6. The van der Waals surface area contributed by atoms with Crippen molar-refractivity contribution in [2.75, 3.05) is 5.32 Å². The van der Waals surface area contributed by atoms with Crippen molar-refractivity contribution in [3.8, 4) is 33.9 Å². The van der Waals surface area contributed by atoms with Gasteiger partial charge in [-0.25, -0.2) is 4.98 Å². The van der Waals surface area contributed by atoms with E-state index in [0.29, 0.717) is 28.2 Å². The number of aromatic amines is 2. The van der Waals surface area contributed by atoms with E-state index < -0.39 is 0 Å². The fraction of sp³-hybridized carbons (Fsp3) is 0. The number of nitrogens with one attached hydrogen (secondary N) is 3. The third-order valence-corrected chi connectivity index (χ3v) is 6.47. The number of amides is 1. The number of anilines is 1. The Morgan fingerprint density at radius 3 is 2.54 bits per heavy atom. The van der Waals surface area contributed by atoms with Crippen molar-refractivity contribution >= 4 is 33.5 Å². The highest BCUT2D eigenvalue weighted by Gasteiger charge is 2.16. The van der Waals surface area contributed by atoms with Crippen LogP contribution in [0.4, 0.5) is 5.69 Å². The van der Waals surface area contributed by atoms with Gasteiger partial charge in [0.15, 0.2) is 0 Å². The van der Waals surface area contributed by atoms with Gasteiger partial charge in [0.1, 0.15) is 11.2 Å². The zero-order valence-corrected chi connectivity index (χ0v) is 20.5. The molecule has 1 amide bonds. The molecule has 9 nitrogen and oxygen atoms in total. The number of benzene rings is 1. The van der Waals surface area contributed by atoms with Crippen LogP contribution in [0.5, 0.6) is 0 Å². The Labute approximate surface area is 222 Å². The van der Waals surface area contributed by atoms with Crippen LogP contribution in [0.1, 0.15) is 10.4 Å². The Kier molecular flexibility index (Phi) is 5.37. The number of nitrogens with zero attached hydrogens (tertiary/aromatic N) is 5. The Hall–Kier alpha value is -5.70. The molecule has 0 radical (unpaired) electrons. The van der Waals surface area contributed by atoms with Crippen molar-refractivity contribution in [2.45, 2.75) is 0 Å². The van der Waals surface area contributed by atoms with Crippen molar-refractivity contribution in [2.24, 2.45) is 0 Å². The number of hydrogen-bond acceptors (Lipinski definition) is 6. The minimum absolute atomic E-state index is 0.200. The summed E-state index contributed by atoms with van der Waals surface area (Å²) in [6, 6.07) is 22.6. The predicted molar refractivity (Wildman–Crippen MR) is 150 cm³/mol. The van der Waals surface area contributed by atoms with Gasteiger partial charge in [0.2, 0.25) is 0 Å². The zero-order chi connectivity index (χ0) is 26.2. The lowest BCUT2D eigenvalue weighted by Crippen LogP contribution is -2.11. The van der Waals surface area contributed by atoms with Crippen LogP contribution < -0.4 is 5.32 Å². The van der Waals surface area contributed by atoms with Crippen LogP contribution in [0.3, 0.4) is 0 Å². The first-order valence-corrected chi connectivity index (χ1v) is 12.3. The number of rotatable bonds is 5. The van der Waals surface area contributed by atoms with Gasteiger partial charge < -0.3 is 10.3 Å². The second-order valence-electron chi connectivity index (χ2n) is 8.99. The highest BCUT2D eigenvalue weighted by atomic mass is 16.1. The SMILES string of the molecule is O=C(Nc1cncc(-c2ccc3[nH]nc(-c4cc5c(-c6cccnc6)nccc5[nH]4)c3n2)c1)c1ccccc1. The van der Waals surface area contributed by atoms with Gasteiger partial charge in [0.05, 0.1) is 34.5 Å². The molecular formula is C30H20N8O. The molecule has 6 heterocycles. The van der Waals surface area contributed by atoms with Crippen LogP contribution in [-0.4, -0.2) is 41.0 Å². The van der Waals surface area contributed by atoms with Gasteiger partial charge in [-0.1, -0.05) is 18.2 Å². The molecule has 0 atom stereocenters. The number of carbonyl (C=O) groups is 1. The van der Waals surface area contributed by atoms with Gasteiger partial charge in [-0.15, -0.1) is 0 Å². The molecule has 9 heteroatoms. The molecule has 186 valence electrons. The number of hydrogen-bond donors (Lipinski definition) is 3. The Morgan fingerprint density at radius 1 is 0.769 bits per heavy atom. The van der Waals surface area contributed by atoms with Crippen molar-refractivity contribution in [1.82, 2.24) is 35.1 Å². The normalized spacial score (nSPS) is 11.2. The molecule has 1 aromatic carbocycles. The first kappa shape index (κ1) is 22.5. The topological polar surface area (TPSA) is 125 Å². The number of fused-ring (bicyclic) bond motifs is 2. The molecule has 0 saturated carbocycles. The molecule has 0 bridgehead atoms. The second-order valence-corrected chi connectivity index (χ2v) is 8.99. The van der Waals surface area contributed by atoms with E-state index in [9.17, 15) is 4.79 Å². The molecule has 0 fully saturated rings. The quantitative estimate of drug-likeness (QED) is 0.267. The van der Waals surface area contributed by atoms with Crippen LogP contribution in [0.25, 0.3) is 55.8 Å². The summed E-state index contributed by atoms with van der Waals surface area (Å²) in [5.74, 6) is -0.200. The maximum atomic E-state index is 12.6. The number of pyridine rings is 4. The van der Waals surface area contributed by atoms with E-state index in [1.54, 1.807) is 43.1 Å². The average Bonchev–Trinajstić information content (AvgIpc) is 3.62. The van der Waals surface area contributed by atoms with Gasteiger partial charge in [-0.05, 0) is 54.6 Å². The first-order valence-electron chi connectivity index (χ1n) is 12.3. The van der Waals surface area contributed by atoms with E-state index in [2.05, 4.69) is 35.5 Å². The van der Waals surface area contributed by atoms with Crippen molar-refractivity contribution < 1.29 is 4.79 Å². The van der Waals surface area contributed by atoms with Crippen molar-refractivity contribution in [3.05, 3.63) is 109 Å². The number of aromatic nitrogens is 7. The Morgan fingerprint density at radius 2 is 1.67 bits per heavy atom.